The summed E-state index contributed by atoms with van der Waals surface area (Å²) in [6, 6.07) is 8.21. The second-order valence-electron chi connectivity index (χ2n) is 8.85. The van der Waals surface area contributed by atoms with Crippen molar-refractivity contribution in [3.63, 3.8) is 0 Å². The van der Waals surface area contributed by atoms with Gasteiger partial charge in [0.05, 0.1) is 23.0 Å². The molecule has 8 heteroatoms. The number of carbonyl (C=O) groups is 2. The average molecular weight is 417 g/mol. The second-order valence-corrected chi connectivity index (χ2v) is 8.85. The number of imide groups is 1. The highest BCUT2D eigenvalue weighted by Crippen LogP contribution is 2.65. The molecule has 1 aliphatic heterocycles. The molecule has 1 saturated heterocycles. The number of carbonyl (C=O) groups excluding carboxylic acids is 2. The molecular weight excluding hydrogens is 398 g/mol. The van der Waals surface area contributed by atoms with E-state index in [0.29, 0.717) is 34.5 Å². The van der Waals surface area contributed by atoms with Crippen molar-refractivity contribution in [2.24, 2.45) is 40.6 Å². The number of nitrogens with zero attached hydrogens (tertiary/aromatic N) is 3. The summed E-state index contributed by atoms with van der Waals surface area (Å²) in [5, 5.41) is 16.4. The predicted molar refractivity (Wildman–Crippen MR) is 110 cm³/mol. The van der Waals surface area contributed by atoms with Crippen molar-refractivity contribution in [3.05, 3.63) is 63.9 Å². The molecular formula is C23H19N3O5. The van der Waals surface area contributed by atoms with E-state index in [9.17, 15) is 19.7 Å². The summed E-state index contributed by atoms with van der Waals surface area (Å²) < 4.78 is 5.74. The zero-order valence-corrected chi connectivity index (χ0v) is 16.7. The van der Waals surface area contributed by atoms with Crippen molar-refractivity contribution in [3.8, 4) is 11.3 Å². The van der Waals surface area contributed by atoms with Crippen LogP contribution >= 0.6 is 0 Å². The van der Waals surface area contributed by atoms with Gasteiger partial charge in [0.1, 0.15) is 11.5 Å². The van der Waals surface area contributed by atoms with Crippen LogP contribution in [-0.4, -0.2) is 28.0 Å². The van der Waals surface area contributed by atoms with Crippen molar-refractivity contribution >= 4 is 23.7 Å². The molecule has 3 fully saturated rings. The number of rotatable bonds is 4. The molecule has 5 aliphatic rings. The summed E-state index contributed by atoms with van der Waals surface area (Å²) >= 11 is 0. The zero-order chi connectivity index (χ0) is 21.4. The number of furan rings is 1. The molecule has 2 aromatic rings. The van der Waals surface area contributed by atoms with E-state index < -0.39 is 4.92 Å². The van der Waals surface area contributed by atoms with Gasteiger partial charge in [-0.1, -0.05) is 24.3 Å². The van der Waals surface area contributed by atoms with Gasteiger partial charge in [-0.15, -0.1) is 0 Å². The first-order chi connectivity index (χ1) is 14.9. The highest BCUT2D eigenvalue weighted by molar-refractivity contribution is 6.06. The third-order valence-corrected chi connectivity index (χ3v) is 7.26. The van der Waals surface area contributed by atoms with Crippen LogP contribution in [0.15, 0.2) is 52.0 Å². The number of nitro groups is 1. The van der Waals surface area contributed by atoms with Crippen molar-refractivity contribution in [1.29, 1.82) is 0 Å². The summed E-state index contributed by atoms with van der Waals surface area (Å²) in [5.74, 6) is 1.18. The fourth-order valence-corrected chi connectivity index (χ4v) is 5.71. The van der Waals surface area contributed by atoms with Gasteiger partial charge in [-0.3, -0.25) is 19.7 Å². The van der Waals surface area contributed by atoms with Crippen molar-refractivity contribution < 1.29 is 18.9 Å². The van der Waals surface area contributed by atoms with Gasteiger partial charge in [-0.25, -0.2) is 0 Å². The van der Waals surface area contributed by atoms with Gasteiger partial charge in [0.15, 0.2) is 0 Å². The fourth-order valence-electron chi connectivity index (χ4n) is 5.71. The van der Waals surface area contributed by atoms with E-state index in [1.165, 1.54) is 12.3 Å². The Kier molecular flexibility index (Phi) is 3.66. The number of hydrazone groups is 1. The Morgan fingerprint density at radius 2 is 1.77 bits per heavy atom. The van der Waals surface area contributed by atoms with E-state index in [1.54, 1.807) is 31.2 Å². The highest BCUT2D eigenvalue weighted by atomic mass is 16.6. The van der Waals surface area contributed by atoms with Crippen LogP contribution in [0.3, 0.4) is 0 Å². The smallest absolute Gasteiger partial charge is 0.273 e. The lowest BCUT2D eigenvalue weighted by Crippen LogP contribution is -2.40. The minimum atomic E-state index is -0.430. The Morgan fingerprint density at radius 1 is 1.10 bits per heavy atom. The Morgan fingerprint density at radius 3 is 2.42 bits per heavy atom. The SMILES string of the molecule is Cc1ccc(-c2ccc(C=NN3C(=O)[C@@H]4[C@H]5C=C[C@@H]([C@@H]6C[C@H]56)[C@@H]4C3=O)o2)cc1[N+](=O)[O-]. The fraction of sp³-hybridized carbons (Fsp3) is 0.348. The quantitative estimate of drug-likeness (QED) is 0.249. The predicted octanol–water partition coefficient (Wildman–Crippen LogP) is 3.55. The molecule has 6 atom stereocenters. The summed E-state index contributed by atoms with van der Waals surface area (Å²) in [4.78, 5) is 36.6. The maximum atomic E-state index is 12.9. The van der Waals surface area contributed by atoms with E-state index in [2.05, 4.69) is 17.3 Å². The topological polar surface area (TPSA) is 106 Å². The lowest BCUT2D eigenvalue weighted by atomic mass is 9.63. The van der Waals surface area contributed by atoms with Crippen molar-refractivity contribution in [2.45, 2.75) is 13.3 Å². The van der Waals surface area contributed by atoms with E-state index in [1.807, 2.05) is 0 Å². The Bertz CT molecular complexity index is 1180. The van der Waals surface area contributed by atoms with Crippen LogP contribution in [0.4, 0.5) is 5.69 Å². The summed E-state index contributed by atoms with van der Waals surface area (Å²) in [6.45, 7) is 1.68. The standard InChI is InChI=1S/C23H19N3O5/c1-11-2-3-12(8-18(11)26(29)30)19-7-4-13(31-19)10-24-25-22(27)20-14-5-6-15(17-9-16(14)17)21(20)23(25)28/h2-8,10,14-17,20-21H,9H2,1H3/t14-,15-,16-,17+,20-,21+/m0/s1. The first kappa shape index (κ1) is 18.2. The molecule has 1 aromatic carbocycles. The Hall–Kier alpha value is -3.55. The molecule has 2 heterocycles. The highest BCUT2D eigenvalue weighted by Gasteiger charge is 2.67. The minimum absolute atomic E-state index is 0.0151. The zero-order valence-electron chi connectivity index (χ0n) is 16.7. The first-order valence-electron chi connectivity index (χ1n) is 10.4. The van der Waals surface area contributed by atoms with E-state index in [-0.39, 0.29) is 41.2 Å². The molecule has 0 radical (unpaired) electrons. The van der Waals surface area contributed by atoms with Gasteiger partial charge < -0.3 is 4.42 Å². The molecule has 31 heavy (non-hydrogen) atoms. The third kappa shape index (κ3) is 2.57. The van der Waals surface area contributed by atoms with Crippen LogP contribution in [0.1, 0.15) is 17.7 Å². The number of nitro benzene ring substituents is 1. The molecule has 0 unspecified atom stereocenters. The number of aryl methyl sites for hydroxylation is 1. The molecule has 8 nitrogen and oxygen atoms in total. The second kappa shape index (κ2) is 6.23. The maximum Gasteiger partial charge on any atom is 0.273 e. The molecule has 2 bridgehead atoms. The molecule has 0 N–H and O–H groups in total. The lowest BCUT2D eigenvalue weighted by Gasteiger charge is -2.37. The minimum Gasteiger partial charge on any atom is -0.455 e. The monoisotopic (exact) mass is 417 g/mol. The number of amides is 2. The molecule has 0 spiro atoms. The van der Waals surface area contributed by atoms with Gasteiger partial charge in [-0.05, 0) is 49.1 Å². The van der Waals surface area contributed by atoms with Crippen LogP contribution in [0.5, 0.6) is 0 Å². The van der Waals surface area contributed by atoms with Gasteiger partial charge in [-0.2, -0.15) is 10.1 Å². The number of allylic oxidation sites excluding steroid dienone is 2. The van der Waals surface area contributed by atoms with Gasteiger partial charge >= 0.3 is 0 Å². The number of benzene rings is 1. The average Bonchev–Trinajstić information content (AvgIpc) is 3.39. The van der Waals surface area contributed by atoms with Crippen LogP contribution in [0.2, 0.25) is 0 Å². The summed E-state index contributed by atoms with van der Waals surface area (Å²) in [5.41, 5.74) is 1.15. The Labute approximate surface area is 177 Å². The number of hydrogen-bond acceptors (Lipinski definition) is 6. The largest absolute Gasteiger partial charge is 0.455 e. The van der Waals surface area contributed by atoms with Crippen LogP contribution in [0.25, 0.3) is 11.3 Å². The molecule has 156 valence electrons. The lowest BCUT2D eigenvalue weighted by molar-refractivity contribution is -0.385. The Balaban J connectivity index is 1.24. The first-order valence-corrected chi connectivity index (χ1v) is 10.4. The molecule has 7 rings (SSSR count). The van der Waals surface area contributed by atoms with Gasteiger partial charge in [0, 0.05) is 17.2 Å². The third-order valence-electron chi connectivity index (χ3n) is 7.26. The van der Waals surface area contributed by atoms with Crippen molar-refractivity contribution in [2.75, 3.05) is 0 Å². The summed E-state index contributed by atoms with van der Waals surface area (Å²) in [6.07, 6.45) is 6.72. The number of hydrogen-bond donors (Lipinski definition) is 0. The van der Waals surface area contributed by atoms with E-state index in [0.717, 1.165) is 11.4 Å². The van der Waals surface area contributed by atoms with Crippen LogP contribution < -0.4 is 0 Å². The molecule has 2 amide bonds. The summed E-state index contributed by atoms with van der Waals surface area (Å²) in [7, 11) is 0. The van der Waals surface area contributed by atoms with Crippen molar-refractivity contribution in [1.82, 2.24) is 5.01 Å². The maximum absolute atomic E-state index is 12.9. The molecule has 4 aliphatic carbocycles. The van der Waals surface area contributed by atoms with Crippen LogP contribution in [-0.2, 0) is 9.59 Å². The van der Waals surface area contributed by atoms with Gasteiger partial charge in [0.2, 0.25) is 0 Å². The normalized spacial score (nSPS) is 32.6. The van der Waals surface area contributed by atoms with E-state index in [4.69, 9.17) is 4.42 Å². The van der Waals surface area contributed by atoms with E-state index >= 15 is 0 Å². The molecule has 1 aromatic heterocycles. The van der Waals surface area contributed by atoms with Crippen LogP contribution in [0, 0.1) is 52.5 Å². The van der Waals surface area contributed by atoms with Gasteiger partial charge in [0.25, 0.3) is 17.5 Å². The molecule has 2 saturated carbocycles.